The van der Waals surface area contributed by atoms with Crippen LogP contribution in [0.1, 0.15) is 60.4 Å². The zero-order valence-electron chi connectivity index (χ0n) is 20.5. The zero-order chi connectivity index (χ0) is 25.7. The van der Waals surface area contributed by atoms with Crippen LogP contribution in [0.15, 0.2) is 36.5 Å². The van der Waals surface area contributed by atoms with Gasteiger partial charge in [-0.3, -0.25) is 19.7 Å². The number of halogens is 1. The van der Waals surface area contributed by atoms with Crippen LogP contribution in [0.3, 0.4) is 0 Å². The van der Waals surface area contributed by atoms with Gasteiger partial charge in [-0.05, 0) is 49.5 Å². The number of benzene rings is 1. The third-order valence-corrected chi connectivity index (χ3v) is 7.72. The molecule has 36 heavy (non-hydrogen) atoms. The van der Waals surface area contributed by atoms with Crippen LogP contribution in [0.2, 0.25) is 0 Å². The highest BCUT2D eigenvalue weighted by molar-refractivity contribution is 6.00. The van der Waals surface area contributed by atoms with E-state index in [1.54, 1.807) is 0 Å². The van der Waals surface area contributed by atoms with Crippen molar-refractivity contribution in [3.05, 3.63) is 47.7 Å². The fourth-order valence-corrected chi connectivity index (χ4v) is 5.63. The molecule has 9 nitrogen and oxygen atoms in total. The second-order valence-electron chi connectivity index (χ2n) is 9.86. The van der Waals surface area contributed by atoms with E-state index >= 15 is 4.39 Å². The topological polar surface area (TPSA) is 126 Å². The van der Waals surface area contributed by atoms with Crippen molar-refractivity contribution in [1.82, 2.24) is 14.7 Å². The maximum Gasteiger partial charge on any atom is 0.412 e. The standard InChI is InChI=1S/C26H33FN6O3/c1-36-25(35)30-24-21(23(29)34)16-33(31-24)26(11-13-28)12-14-32(17-22(26)27)15-18-7-9-20(10-8-18)19-5-3-2-4-6-19/h2-6,16,18,20,22H,7-12,14-15,17H2,1H3,(H2,29,34)(H,30,31,35). The van der Waals surface area contributed by atoms with E-state index in [-0.39, 0.29) is 24.3 Å². The van der Waals surface area contributed by atoms with Gasteiger partial charge in [-0.1, -0.05) is 30.3 Å². The number of amides is 2. The van der Waals surface area contributed by atoms with Crippen molar-refractivity contribution in [2.75, 3.05) is 32.1 Å². The van der Waals surface area contributed by atoms with Gasteiger partial charge in [-0.2, -0.15) is 10.4 Å². The third kappa shape index (κ3) is 5.36. The number of nitriles is 1. The molecular formula is C26H33FN6O3. The van der Waals surface area contributed by atoms with E-state index in [9.17, 15) is 14.9 Å². The molecule has 2 unspecified atom stereocenters. The Morgan fingerprint density at radius 2 is 2.00 bits per heavy atom. The van der Waals surface area contributed by atoms with Crippen molar-refractivity contribution < 1.29 is 18.7 Å². The molecule has 2 aliphatic rings. The number of carbonyl (C=O) groups excluding carboxylic acids is 2. The molecule has 2 amide bonds. The van der Waals surface area contributed by atoms with E-state index in [1.807, 2.05) is 6.07 Å². The number of ether oxygens (including phenoxy) is 1. The first-order valence-electron chi connectivity index (χ1n) is 12.4. The molecule has 0 radical (unpaired) electrons. The summed E-state index contributed by atoms with van der Waals surface area (Å²) in [6, 6.07) is 12.7. The number of likely N-dealkylation sites (tertiary alicyclic amines) is 1. The predicted octanol–water partition coefficient (Wildman–Crippen LogP) is 3.79. The fourth-order valence-electron chi connectivity index (χ4n) is 5.63. The average Bonchev–Trinajstić information content (AvgIpc) is 3.31. The van der Waals surface area contributed by atoms with Crippen LogP contribution in [0.4, 0.5) is 15.0 Å². The minimum Gasteiger partial charge on any atom is -0.453 e. The van der Waals surface area contributed by atoms with Gasteiger partial charge in [0, 0.05) is 25.8 Å². The molecule has 1 aromatic carbocycles. The Labute approximate surface area is 210 Å². The van der Waals surface area contributed by atoms with Crippen LogP contribution in [0.25, 0.3) is 0 Å². The number of primary amides is 1. The monoisotopic (exact) mass is 496 g/mol. The van der Waals surface area contributed by atoms with Crippen molar-refractivity contribution >= 4 is 17.8 Å². The maximum absolute atomic E-state index is 15.9. The van der Waals surface area contributed by atoms with Gasteiger partial charge in [0.05, 0.1) is 19.6 Å². The Bertz CT molecular complexity index is 1110. The molecule has 1 aromatic heterocycles. The summed E-state index contributed by atoms with van der Waals surface area (Å²) >= 11 is 0. The number of aromatic nitrogens is 2. The van der Waals surface area contributed by atoms with Crippen molar-refractivity contribution in [1.29, 1.82) is 5.26 Å². The van der Waals surface area contributed by atoms with Crippen LogP contribution >= 0.6 is 0 Å². The summed E-state index contributed by atoms with van der Waals surface area (Å²) in [6.07, 6.45) is 3.82. The van der Waals surface area contributed by atoms with E-state index in [1.165, 1.54) is 23.6 Å². The molecule has 2 heterocycles. The van der Waals surface area contributed by atoms with Gasteiger partial charge in [0.15, 0.2) is 5.82 Å². The number of rotatable bonds is 7. The molecule has 10 heteroatoms. The highest BCUT2D eigenvalue weighted by Crippen LogP contribution is 2.39. The lowest BCUT2D eigenvalue weighted by atomic mass is 9.78. The quantitative estimate of drug-likeness (QED) is 0.601. The maximum atomic E-state index is 15.9. The van der Waals surface area contributed by atoms with Crippen molar-refractivity contribution in [3.63, 3.8) is 0 Å². The van der Waals surface area contributed by atoms with Gasteiger partial charge >= 0.3 is 6.09 Å². The fraction of sp³-hybridized carbons (Fsp3) is 0.538. The van der Waals surface area contributed by atoms with E-state index in [4.69, 9.17) is 5.73 Å². The van der Waals surface area contributed by atoms with Gasteiger partial charge in [-0.15, -0.1) is 0 Å². The van der Waals surface area contributed by atoms with E-state index < -0.39 is 23.7 Å². The van der Waals surface area contributed by atoms with Crippen LogP contribution < -0.4 is 11.1 Å². The molecule has 4 rings (SSSR count). The smallest absolute Gasteiger partial charge is 0.412 e. The minimum atomic E-state index is -1.39. The molecule has 0 bridgehead atoms. The molecular weight excluding hydrogens is 463 g/mol. The number of hydrogen-bond donors (Lipinski definition) is 2. The second-order valence-corrected chi connectivity index (χ2v) is 9.86. The molecule has 2 atom stereocenters. The molecule has 1 aliphatic heterocycles. The summed E-state index contributed by atoms with van der Waals surface area (Å²) < 4.78 is 21.7. The minimum absolute atomic E-state index is 0.0671. The number of piperidine rings is 1. The highest BCUT2D eigenvalue weighted by atomic mass is 19.1. The predicted molar refractivity (Wildman–Crippen MR) is 132 cm³/mol. The Kier molecular flexibility index (Phi) is 7.89. The first-order chi connectivity index (χ1) is 17.4. The number of alkyl halides is 1. The molecule has 1 aliphatic carbocycles. The molecule has 1 saturated carbocycles. The van der Waals surface area contributed by atoms with Crippen LogP contribution in [0.5, 0.6) is 0 Å². The third-order valence-electron chi connectivity index (χ3n) is 7.72. The summed E-state index contributed by atoms with van der Waals surface area (Å²) in [6.45, 7) is 1.60. The highest BCUT2D eigenvalue weighted by Gasteiger charge is 2.47. The lowest BCUT2D eigenvalue weighted by molar-refractivity contribution is 0.00219. The summed E-state index contributed by atoms with van der Waals surface area (Å²) in [4.78, 5) is 25.7. The number of anilines is 1. The van der Waals surface area contributed by atoms with Crippen LogP contribution in [0, 0.1) is 17.2 Å². The number of nitrogens with zero attached hydrogens (tertiary/aromatic N) is 4. The summed E-state index contributed by atoms with van der Waals surface area (Å²) in [5.74, 6) is 0.172. The first kappa shape index (κ1) is 25.6. The normalized spacial score (nSPS) is 26.6. The number of methoxy groups -OCH3 is 1. The van der Waals surface area contributed by atoms with E-state index in [0.29, 0.717) is 24.8 Å². The molecule has 2 aromatic rings. The van der Waals surface area contributed by atoms with Crippen LogP contribution in [-0.2, 0) is 10.3 Å². The first-order valence-corrected chi connectivity index (χ1v) is 12.4. The van der Waals surface area contributed by atoms with Gasteiger partial charge in [0.25, 0.3) is 5.91 Å². The molecule has 2 fully saturated rings. The Hall–Kier alpha value is -3.45. The molecule has 3 N–H and O–H groups in total. The second kappa shape index (κ2) is 11.1. The van der Waals surface area contributed by atoms with Gasteiger partial charge in [0.2, 0.25) is 0 Å². The van der Waals surface area contributed by atoms with E-state index in [0.717, 1.165) is 32.2 Å². The lowest BCUT2D eigenvalue weighted by Gasteiger charge is -2.44. The molecule has 0 spiro atoms. The van der Waals surface area contributed by atoms with Gasteiger partial charge in [-0.25, -0.2) is 9.18 Å². The average molecular weight is 497 g/mol. The molecule has 192 valence electrons. The number of hydrogen-bond acceptors (Lipinski definition) is 6. The van der Waals surface area contributed by atoms with E-state index in [2.05, 4.69) is 50.4 Å². The van der Waals surface area contributed by atoms with Gasteiger partial charge in [0.1, 0.15) is 17.3 Å². The van der Waals surface area contributed by atoms with Gasteiger partial charge < -0.3 is 10.5 Å². The van der Waals surface area contributed by atoms with Crippen LogP contribution in [-0.4, -0.2) is 59.6 Å². The largest absolute Gasteiger partial charge is 0.453 e. The van der Waals surface area contributed by atoms with Crippen molar-refractivity contribution in [2.45, 2.75) is 56.2 Å². The van der Waals surface area contributed by atoms with Crippen molar-refractivity contribution in [3.8, 4) is 6.07 Å². The lowest BCUT2D eigenvalue weighted by Crippen LogP contribution is -2.55. The Balaban J connectivity index is 1.43. The number of nitrogens with one attached hydrogen (secondary N) is 1. The number of carbonyl (C=O) groups is 2. The Morgan fingerprint density at radius 3 is 2.61 bits per heavy atom. The summed E-state index contributed by atoms with van der Waals surface area (Å²) in [7, 11) is 1.18. The SMILES string of the molecule is COC(=O)Nc1nn(C2(CC#N)CCN(CC3CCC(c4ccccc4)CC3)CC2F)cc1C(N)=O. The Morgan fingerprint density at radius 1 is 1.28 bits per heavy atom. The summed E-state index contributed by atoms with van der Waals surface area (Å²) in [5, 5.41) is 16.1. The number of nitrogens with two attached hydrogens (primary N) is 1. The molecule has 1 saturated heterocycles. The van der Waals surface area contributed by atoms with Crippen molar-refractivity contribution in [2.24, 2.45) is 11.7 Å². The zero-order valence-corrected chi connectivity index (χ0v) is 20.5. The summed E-state index contributed by atoms with van der Waals surface area (Å²) in [5.41, 5.74) is 5.53.